The maximum absolute atomic E-state index is 10.0. The third-order valence-corrected chi connectivity index (χ3v) is 3.89. The van der Waals surface area contributed by atoms with E-state index in [9.17, 15) is 5.11 Å². The quantitative estimate of drug-likeness (QED) is 0.700. The first-order chi connectivity index (χ1) is 6.79. The van der Waals surface area contributed by atoms with Crippen LogP contribution in [0.4, 0.5) is 0 Å². The van der Waals surface area contributed by atoms with Gasteiger partial charge in [0.15, 0.2) is 0 Å². The third kappa shape index (κ3) is 3.43. The predicted molar refractivity (Wildman–Crippen MR) is 61.7 cm³/mol. The summed E-state index contributed by atoms with van der Waals surface area (Å²) >= 11 is 5.64. The van der Waals surface area contributed by atoms with Crippen molar-refractivity contribution in [1.29, 1.82) is 0 Å². The van der Waals surface area contributed by atoms with Crippen LogP contribution in [-0.4, -0.2) is 17.1 Å². The molecule has 1 nitrogen and oxygen atoms in total. The molecular formula is C12H23ClO. The Morgan fingerprint density at radius 2 is 2.07 bits per heavy atom. The Morgan fingerprint density at radius 3 is 2.71 bits per heavy atom. The van der Waals surface area contributed by atoms with Gasteiger partial charge in [-0.3, -0.25) is 0 Å². The van der Waals surface area contributed by atoms with Gasteiger partial charge in [-0.25, -0.2) is 0 Å². The largest absolute Gasteiger partial charge is 0.393 e. The van der Waals surface area contributed by atoms with E-state index < -0.39 is 0 Å². The Labute approximate surface area is 92.8 Å². The zero-order valence-electron chi connectivity index (χ0n) is 9.21. The van der Waals surface area contributed by atoms with Crippen LogP contribution in [0, 0.1) is 11.8 Å². The maximum Gasteiger partial charge on any atom is 0.0571 e. The SMILES string of the molecule is CCC1CCCCC1C(O)CCCCl. The van der Waals surface area contributed by atoms with Gasteiger partial charge in [-0.15, -0.1) is 11.6 Å². The molecule has 0 amide bonds. The van der Waals surface area contributed by atoms with Crippen molar-refractivity contribution < 1.29 is 5.11 Å². The molecule has 3 unspecified atom stereocenters. The molecule has 0 aromatic rings. The molecule has 0 heterocycles. The van der Waals surface area contributed by atoms with Crippen molar-refractivity contribution in [3.05, 3.63) is 0 Å². The first-order valence-corrected chi connectivity index (χ1v) is 6.57. The Kier molecular flexibility index (Phi) is 5.88. The van der Waals surface area contributed by atoms with Crippen molar-refractivity contribution in [1.82, 2.24) is 0 Å². The van der Waals surface area contributed by atoms with E-state index in [4.69, 9.17) is 11.6 Å². The molecule has 1 N–H and O–H groups in total. The first-order valence-electron chi connectivity index (χ1n) is 6.03. The zero-order valence-corrected chi connectivity index (χ0v) is 9.97. The Hall–Kier alpha value is 0.250. The van der Waals surface area contributed by atoms with E-state index in [1.54, 1.807) is 0 Å². The molecule has 0 aromatic carbocycles. The molecule has 1 saturated carbocycles. The lowest BCUT2D eigenvalue weighted by Gasteiger charge is -2.34. The Morgan fingerprint density at radius 1 is 1.36 bits per heavy atom. The van der Waals surface area contributed by atoms with Crippen molar-refractivity contribution >= 4 is 11.6 Å². The molecule has 3 atom stereocenters. The van der Waals surface area contributed by atoms with E-state index in [1.807, 2.05) is 0 Å². The van der Waals surface area contributed by atoms with Gasteiger partial charge in [0.25, 0.3) is 0 Å². The van der Waals surface area contributed by atoms with E-state index in [0.29, 0.717) is 11.8 Å². The second-order valence-corrected chi connectivity index (χ2v) is 4.89. The summed E-state index contributed by atoms with van der Waals surface area (Å²) in [5.41, 5.74) is 0. The molecule has 0 spiro atoms. The highest BCUT2D eigenvalue weighted by Gasteiger charge is 2.28. The first kappa shape index (κ1) is 12.3. The van der Waals surface area contributed by atoms with Gasteiger partial charge >= 0.3 is 0 Å². The van der Waals surface area contributed by atoms with E-state index in [1.165, 1.54) is 32.1 Å². The molecule has 14 heavy (non-hydrogen) atoms. The average Bonchev–Trinajstić information content (AvgIpc) is 2.25. The molecule has 0 bridgehead atoms. The second kappa shape index (κ2) is 6.68. The summed E-state index contributed by atoms with van der Waals surface area (Å²) in [5.74, 6) is 1.99. The van der Waals surface area contributed by atoms with E-state index in [-0.39, 0.29) is 6.10 Å². The maximum atomic E-state index is 10.0. The number of hydrogen-bond acceptors (Lipinski definition) is 1. The molecule has 0 radical (unpaired) electrons. The number of halogens is 1. The molecule has 0 aromatic heterocycles. The van der Waals surface area contributed by atoms with Crippen LogP contribution in [0.25, 0.3) is 0 Å². The van der Waals surface area contributed by atoms with Gasteiger partial charge in [0.2, 0.25) is 0 Å². The number of aliphatic hydroxyl groups is 1. The van der Waals surface area contributed by atoms with Gasteiger partial charge in [-0.2, -0.15) is 0 Å². The van der Waals surface area contributed by atoms with Gasteiger partial charge in [-0.05, 0) is 31.1 Å². The van der Waals surface area contributed by atoms with Crippen molar-refractivity contribution in [3.8, 4) is 0 Å². The summed E-state index contributed by atoms with van der Waals surface area (Å²) in [4.78, 5) is 0. The summed E-state index contributed by atoms with van der Waals surface area (Å²) in [7, 11) is 0. The normalized spacial score (nSPS) is 30.2. The lowest BCUT2D eigenvalue weighted by molar-refractivity contribution is 0.0398. The van der Waals surface area contributed by atoms with Crippen LogP contribution in [0.15, 0.2) is 0 Å². The Bertz CT molecular complexity index is 149. The van der Waals surface area contributed by atoms with Crippen molar-refractivity contribution in [2.24, 2.45) is 11.8 Å². The highest BCUT2D eigenvalue weighted by Crippen LogP contribution is 2.35. The van der Waals surface area contributed by atoms with Gasteiger partial charge in [0.05, 0.1) is 6.10 Å². The summed E-state index contributed by atoms with van der Waals surface area (Å²) in [6.45, 7) is 2.25. The van der Waals surface area contributed by atoms with Crippen LogP contribution in [-0.2, 0) is 0 Å². The molecule has 84 valence electrons. The highest BCUT2D eigenvalue weighted by molar-refractivity contribution is 6.17. The van der Waals surface area contributed by atoms with Crippen LogP contribution in [0.1, 0.15) is 51.9 Å². The fourth-order valence-electron chi connectivity index (χ4n) is 2.75. The summed E-state index contributed by atoms with van der Waals surface area (Å²) in [6.07, 6.45) is 8.18. The number of hydrogen-bond donors (Lipinski definition) is 1. The highest BCUT2D eigenvalue weighted by atomic mass is 35.5. The number of aliphatic hydroxyl groups excluding tert-OH is 1. The van der Waals surface area contributed by atoms with Crippen molar-refractivity contribution in [2.45, 2.75) is 58.0 Å². The smallest absolute Gasteiger partial charge is 0.0571 e. The summed E-state index contributed by atoms with van der Waals surface area (Å²) in [6, 6.07) is 0. The molecule has 2 heteroatoms. The monoisotopic (exact) mass is 218 g/mol. The van der Waals surface area contributed by atoms with Crippen LogP contribution >= 0.6 is 11.6 Å². The van der Waals surface area contributed by atoms with Crippen LogP contribution in [0.3, 0.4) is 0 Å². The standard InChI is InChI=1S/C12H23ClO/c1-2-10-6-3-4-7-11(10)12(14)8-5-9-13/h10-12,14H,2-9H2,1H3. The second-order valence-electron chi connectivity index (χ2n) is 4.52. The predicted octanol–water partition coefficient (Wildman–Crippen LogP) is 3.58. The van der Waals surface area contributed by atoms with E-state index in [0.717, 1.165) is 18.8 Å². The number of alkyl halides is 1. The molecule has 0 saturated heterocycles. The van der Waals surface area contributed by atoms with Crippen LogP contribution < -0.4 is 0 Å². The lowest BCUT2D eigenvalue weighted by Crippen LogP contribution is -2.30. The van der Waals surface area contributed by atoms with Crippen molar-refractivity contribution in [2.75, 3.05) is 5.88 Å². The zero-order chi connectivity index (χ0) is 10.4. The van der Waals surface area contributed by atoms with Crippen molar-refractivity contribution in [3.63, 3.8) is 0 Å². The fraction of sp³-hybridized carbons (Fsp3) is 1.00. The third-order valence-electron chi connectivity index (χ3n) is 3.62. The van der Waals surface area contributed by atoms with E-state index >= 15 is 0 Å². The van der Waals surface area contributed by atoms with Gasteiger partial charge in [0.1, 0.15) is 0 Å². The molecule has 1 rings (SSSR count). The van der Waals surface area contributed by atoms with Gasteiger partial charge < -0.3 is 5.11 Å². The summed E-state index contributed by atoms with van der Waals surface area (Å²) < 4.78 is 0. The minimum absolute atomic E-state index is 0.0981. The van der Waals surface area contributed by atoms with Gasteiger partial charge in [0, 0.05) is 5.88 Å². The molecular weight excluding hydrogens is 196 g/mol. The minimum Gasteiger partial charge on any atom is -0.393 e. The van der Waals surface area contributed by atoms with Crippen LogP contribution in [0.2, 0.25) is 0 Å². The average molecular weight is 219 g/mol. The van der Waals surface area contributed by atoms with Crippen LogP contribution in [0.5, 0.6) is 0 Å². The molecule has 0 aliphatic heterocycles. The Balaban J connectivity index is 2.37. The molecule has 1 fully saturated rings. The van der Waals surface area contributed by atoms with Gasteiger partial charge in [-0.1, -0.05) is 32.6 Å². The molecule has 1 aliphatic carbocycles. The minimum atomic E-state index is -0.0981. The topological polar surface area (TPSA) is 20.2 Å². The molecule has 1 aliphatic rings. The summed E-state index contributed by atoms with van der Waals surface area (Å²) in [5, 5.41) is 10.0. The van der Waals surface area contributed by atoms with E-state index in [2.05, 4.69) is 6.92 Å². The number of rotatable bonds is 5. The fourth-order valence-corrected chi connectivity index (χ4v) is 2.90. The lowest BCUT2D eigenvalue weighted by atomic mass is 9.74.